The standard InChI is InChI=1S/C21H24N6O/c1-14-8-9-26(11-15-6-4-3-5-7-15)12-17(14)27-19-16(25(2)21(27)28)10-22-20-18(19)23-13-24-20/h3-7,10,13-14,17H,8-9,11-12H2,1-2H3,(H,22,23,24)/t14-,17+/m1/s1. The Hall–Kier alpha value is -2.93. The minimum Gasteiger partial charge on any atom is -0.341 e. The summed E-state index contributed by atoms with van der Waals surface area (Å²) in [6, 6.07) is 10.6. The number of nitrogens with one attached hydrogen (secondary N) is 1. The van der Waals surface area contributed by atoms with E-state index in [0.717, 1.165) is 42.6 Å². The highest BCUT2D eigenvalue weighted by Gasteiger charge is 2.31. The summed E-state index contributed by atoms with van der Waals surface area (Å²) in [6.07, 6.45) is 4.47. The van der Waals surface area contributed by atoms with Crippen molar-refractivity contribution in [2.24, 2.45) is 13.0 Å². The van der Waals surface area contributed by atoms with Crippen molar-refractivity contribution in [1.29, 1.82) is 0 Å². The number of imidazole rings is 2. The van der Waals surface area contributed by atoms with Gasteiger partial charge in [-0.25, -0.2) is 14.8 Å². The van der Waals surface area contributed by atoms with Crippen molar-refractivity contribution in [1.82, 2.24) is 29.0 Å². The zero-order valence-corrected chi connectivity index (χ0v) is 16.2. The van der Waals surface area contributed by atoms with E-state index in [1.165, 1.54) is 5.56 Å². The summed E-state index contributed by atoms with van der Waals surface area (Å²) < 4.78 is 3.67. The van der Waals surface area contributed by atoms with Gasteiger partial charge >= 0.3 is 5.69 Å². The van der Waals surface area contributed by atoms with Crippen LogP contribution in [-0.4, -0.2) is 42.1 Å². The van der Waals surface area contributed by atoms with Gasteiger partial charge in [-0.1, -0.05) is 37.3 Å². The normalized spacial score (nSPS) is 20.9. The van der Waals surface area contributed by atoms with Crippen molar-refractivity contribution < 1.29 is 0 Å². The summed E-state index contributed by atoms with van der Waals surface area (Å²) in [4.78, 5) is 27.5. The maximum Gasteiger partial charge on any atom is 0.329 e. The van der Waals surface area contributed by atoms with Gasteiger partial charge in [0.1, 0.15) is 5.52 Å². The lowest BCUT2D eigenvalue weighted by Crippen LogP contribution is -2.43. The summed E-state index contributed by atoms with van der Waals surface area (Å²) in [5, 5.41) is 0. The highest BCUT2D eigenvalue weighted by Crippen LogP contribution is 2.31. The Morgan fingerprint density at radius 3 is 2.86 bits per heavy atom. The van der Waals surface area contributed by atoms with Crippen LogP contribution in [0.15, 0.2) is 47.7 Å². The van der Waals surface area contributed by atoms with Crippen LogP contribution in [0, 0.1) is 5.92 Å². The number of likely N-dealkylation sites (tertiary alicyclic amines) is 1. The van der Waals surface area contributed by atoms with E-state index in [4.69, 9.17) is 0 Å². The van der Waals surface area contributed by atoms with Crippen molar-refractivity contribution in [3.05, 3.63) is 58.9 Å². The van der Waals surface area contributed by atoms with E-state index in [9.17, 15) is 4.79 Å². The second kappa shape index (κ2) is 6.60. The number of nitrogens with zero attached hydrogens (tertiary/aromatic N) is 5. The number of aryl methyl sites for hydroxylation is 1. The highest BCUT2D eigenvalue weighted by atomic mass is 16.1. The molecule has 3 aromatic heterocycles. The number of aromatic amines is 1. The van der Waals surface area contributed by atoms with E-state index in [2.05, 4.69) is 51.0 Å². The van der Waals surface area contributed by atoms with Crippen molar-refractivity contribution in [2.75, 3.05) is 13.1 Å². The third-order valence-electron chi connectivity index (χ3n) is 6.09. The molecule has 0 unspecified atom stereocenters. The van der Waals surface area contributed by atoms with Gasteiger partial charge < -0.3 is 4.98 Å². The van der Waals surface area contributed by atoms with Crippen molar-refractivity contribution >= 4 is 22.2 Å². The number of piperidine rings is 1. The minimum atomic E-state index is 0.0114. The summed E-state index contributed by atoms with van der Waals surface area (Å²) in [7, 11) is 1.82. The number of H-pyrrole nitrogens is 1. The first-order valence-corrected chi connectivity index (χ1v) is 9.79. The molecule has 4 aromatic rings. The Balaban J connectivity index is 1.59. The van der Waals surface area contributed by atoms with E-state index < -0.39 is 0 Å². The number of pyridine rings is 1. The van der Waals surface area contributed by atoms with Crippen LogP contribution in [0.5, 0.6) is 0 Å². The van der Waals surface area contributed by atoms with Crippen LogP contribution in [-0.2, 0) is 13.6 Å². The smallest absolute Gasteiger partial charge is 0.329 e. The van der Waals surface area contributed by atoms with Crippen LogP contribution >= 0.6 is 0 Å². The molecule has 144 valence electrons. The van der Waals surface area contributed by atoms with E-state index in [-0.39, 0.29) is 11.7 Å². The molecule has 0 saturated carbocycles. The first-order valence-electron chi connectivity index (χ1n) is 9.79. The molecule has 4 heterocycles. The lowest BCUT2D eigenvalue weighted by molar-refractivity contribution is 0.126. The van der Waals surface area contributed by atoms with Crippen LogP contribution in [0.25, 0.3) is 22.2 Å². The van der Waals surface area contributed by atoms with Gasteiger partial charge in [0.2, 0.25) is 0 Å². The maximum absolute atomic E-state index is 13.2. The van der Waals surface area contributed by atoms with Crippen molar-refractivity contribution in [3.63, 3.8) is 0 Å². The topological polar surface area (TPSA) is 71.7 Å². The molecule has 7 heteroatoms. The summed E-state index contributed by atoms with van der Waals surface area (Å²) >= 11 is 0. The van der Waals surface area contributed by atoms with Gasteiger partial charge in [-0.05, 0) is 24.4 Å². The second-order valence-electron chi connectivity index (χ2n) is 7.86. The first kappa shape index (κ1) is 17.2. The van der Waals surface area contributed by atoms with Gasteiger partial charge in [-0.15, -0.1) is 0 Å². The fraction of sp³-hybridized carbons (Fsp3) is 0.381. The fourth-order valence-corrected chi connectivity index (χ4v) is 4.46. The second-order valence-corrected chi connectivity index (χ2v) is 7.86. The Morgan fingerprint density at radius 1 is 1.21 bits per heavy atom. The molecule has 0 amide bonds. The molecule has 28 heavy (non-hydrogen) atoms. The van der Waals surface area contributed by atoms with E-state index in [1.807, 2.05) is 17.7 Å². The molecular weight excluding hydrogens is 352 g/mol. The monoisotopic (exact) mass is 376 g/mol. The Bertz CT molecular complexity index is 1190. The highest BCUT2D eigenvalue weighted by molar-refractivity contribution is 5.98. The van der Waals surface area contributed by atoms with Crippen LogP contribution < -0.4 is 5.69 Å². The van der Waals surface area contributed by atoms with Crippen LogP contribution in [0.4, 0.5) is 0 Å². The predicted molar refractivity (Wildman–Crippen MR) is 109 cm³/mol. The van der Waals surface area contributed by atoms with Crippen molar-refractivity contribution in [3.8, 4) is 0 Å². The predicted octanol–water partition coefficient (Wildman–Crippen LogP) is 2.69. The van der Waals surface area contributed by atoms with Gasteiger partial charge in [0.25, 0.3) is 0 Å². The lowest BCUT2D eigenvalue weighted by Gasteiger charge is -2.37. The molecule has 1 aromatic carbocycles. The number of hydrogen-bond donors (Lipinski definition) is 1. The summed E-state index contributed by atoms with van der Waals surface area (Å²) in [5.74, 6) is 0.418. The Morgan fingerprint density at radius 2 is 2.04 bits per heavy atom. The molecule has 7 nitrogen and oxygen atoms in total. The third-order valence-corrected chi connectivity index (χ3v) is 6.09. The number of rotatable bonds is 3. The minimum absolute atomic E-state index is 0.0114. The molecule has 0 radical (unpaired) electrons. The molecule has 2 atom stereocenters. The molecule has 0 bridgehead atoms. The zero-order chi connectivity index (χ0) is 19.3. The average molecular weight is 376 g/mol. The molecule has 1 saturated heterocycles. The molecular formula is C21H24N6O. The van der Waals surface area contributed by atoms with Gasteiger partial charge in [0.15, 0.2) is 5.65 Å². The van der Waals surface area contributed by atoms with Gasteiger partial charge in [-0.3, -0.25) is 14.0 Å². The van der Waals surface area contributed by atoms with Gasteiger partial charge in [0, 0.05) is 20.1 Å². The largest absolute Gasteiger partial charge is 0.341 e. The number of benzene rings is 1. The molecule has 1 aliphatic heterocycles. The number of hydrogen-bond acceptors (Lipinski definition) is 4. The first-order chi connectivity index (χ1) is 13.6. The lowest BCUT2D eigenvalue weighted by atomic mass is 9.92. The Kier molecular flexibility index (Phi) is 4.05. The molecule has 0 aliphatic carbocycles. The van der Waals surface area contributed by atoms with Gasteiger partial charge in [-0.2, -0.15) is 0 Å². The van der Waals surface area contributed by atoms with Crippen molar-refractivity contribution in [2.45, 2.75) is 25.9 Å². The van der Waals surface area contributed by atoms with E-state index >= 15 is 0 Å². The maximum atomic E-state index is 13.2. The Labute approximate surface area is 162 Å². The third kappa shape index (κ3) is 2.65. The average Bonchev–Trinajstić information content (AvgIpc) is 3.28. The number of fused-ring (bicyclic) bond motifs is 3. The summed E-state index contributed by atoms with van der Waals surface area (Å²) in [6.45, 7) is 5.06. The zero-order valence-electron chi connectivity index (χ0n) is 16.2. The summed E-state index contributed by atoms with van der Waals surface area (Å²) in [5.41, 5.74) is 4.56. The molecule has 1 N–H and O–H groups in total. The molecule has 5 rings (SSSR count). The fourth-order valence-electron chi connectivity index (χ4n) is 4.46. The molecule has 0 spiro atoms. The SMILES string of the molecule is C[C@@H]1CCN(Cc2ccccc2)C[C@@H]1n1c(=O)n(C)c2cnc3nc[nH]c3c21. The molecule has 1 aliphatic rings. The molecule has 1 fully saturated rings. The quantitative estimate of drug-likeness (QED) is 0.597. The van der Waals surface area contributed by atoms with E-state index in [1.54, 1.807) is 17.1 Å². The number of aromatic nitrogens is 5. The van der Waals surface area contributed by atoms with Gasteiger partial charge in [0.05, 0.1) is 29.6 Å². The van der Waals surface area contributed by atoms with Crippen LogP contribution in [0.3, 0.4) is 0 Å². The van der Waals surface area contributed by atoms with E-state index in [0.29, 0.717) is 11.6 Å². The van der Waals surface area contributed by atoms with Crippen LogP contribution in [0.2, 0.25) is 0 Å². The van der Waals surface area contributed by atoms with Crippen LogP contribution in [0.1, 0.15) is 24.9 Å².